The number of nitrogens with zero attached hydrogens (tertiary/aromatic N) is 3. The summed E-state index contributed by atoms with van der Waals surface area (Å²) in [6.45, 7) is 1.49. The fourth-order valence-electron chi connectivity index (χ4n) is 4.50. The van der Waals surface area contributed by atoms with Crippen LogP contribution in [0.4, 0.5) is 5.69 Å². The van der Waals surface area contributed by atoms with Gasteiger partial charge in [-0.15, -0.1) is 0 Å². The van der Waals surface area contributed by atoms with E-state index >= 15 is 0 Å². The fourth-order valence-corrected chi connectivity index (χ4v) is 4.72. The number of rotatable bonds is 8. The van der Waals surface area contributed by atoms with Gasteiger partial charge in [0.15, 0.2) is 5.69 Å². The van der Waals surface area contributed by atoms with Crippen LogP contribution < -0.4 is 15.4 Å². The lowest BCUT2D eigenvalue weighted by Gasteiger charge is -2.36. The van der Waals surface area contributed by atoms with Crippen LogP contribution in [0.2, 0.25) is 5.02 Å². The number of hydrogen-bond acceptors (Lipinski definition) is 12. The van der Waals surface area contributed by atoms with E-state index in [-0.39, 0.29) is 51.4 Å². The summed E-state index contributed by atoms with van der Waals surface area (Å²) in [6.07, 6.45) is 0. The lowest BCUT2D eigenvalue weighted by molar-refractivity contribution is -0.139. The molecular formula is C29H25ClN4O8. The number of carbonyl (C=O) groups excluding carboxylic acids is 3. The Labute approximate surface area is 245 Å². The quantitative estimate of drug-likeness (QED) is 0.296. The molecule has 1 aromatic heterocycles. The molecule has 0 saturated heterocycles. The van der Waals surface area contributed by atoms with Crippen molar-refractivity contribution in [2.24, 2.45) is 5.73 Å². The summed E-state index contributed by atoms with van der Waals surface area (Å²) < 4.78 is 25.7. The van der Waals surface area contributed by atoms with Crippen molar-refractivity contribution < 1.29 is 37.9 Å². The van der Waals surface area contributed by atoms with Crippen molar-refractivity contribution in [3.05, 3.63) is 98.8 Å². The molecule has 0 fully saturated rings. The number of carbonyl (C=O) groups is 3. The first-order chi connectivity index (χ1) is 20.2. The Kier molecular flexibility index (Phi) is 8.83. The summed E-state index contributed by atoms with van der Waals surface area (Å²) >= 11 is 6.56. The normalized spacial score (nSPS) is 14.8. The van der Waals surface area contributed by atoms with Gasteiger partial charge in [-0.1, -0.05) is 47.1 Å². The van der Waals surface area contributed by atoms with Gasteiger partial charge >= 0.3 is 17.9 Å². The number of hydrogen-bond donors (Lipinski definition) is 1. The Balaban J connectivity index is 1.81. The summed E-state index contributed by atoms with van der Waals surface area (Å²) in [5.41, 5.74) is 7.23. The molecule has 216 valence electrons. The molecule has 0 spiro atoms. The summed E-state index contributed by atoms with van der Waals surface area (Å²) in [4.78, 5) is 39.6. The van der Waals surface area contributed by atoms with E-state index in [2.05, 4.69) is 11.2 Å². The third-order valence-electron chi connectivity index (χ3n) is 6.52. The third kappa shape index (κ3) is 5.37. The van der Waals surface area contributed by atoms with Crippen LogP contribution in [0.25, 0.3) is 0 Å². The van der Waals surface area contributed by atoms with Gasteiger partial charge < -0.3 is 29.2 Å². The zero-order valence-corrected chi connectivity index (χ0v) is 23.7. The van der Waals surface area contributed by atoms with Crippen LogP contribution in [0, 0.1) is 18.3 Å². The van der Waals surface area contributed by atoms with Gasteiger partial charge in [0, 0.05) is 5.69 Å². The molecule has 0 bridgehead atoms. The van der Waals surface area contributed by atoms with E-state index in [1.54, 1.807) is 37.3 Å². The molecule has 2 N–H and O–H groups in total. The second-order valence-electron chi connectivity index (χ2n) is 8.80. The maximum atomic E-state index is 13.2. The minimum atomic E-state index is -1.01. The first-order valence-electron chi connectivity index (χ1n) is 12.3. The van der Waals surface area contributed by atoms with Gasteiger partial charge in [0.25, 0.3) is 0 Å². The maximum Gasteiger partial charge on any atom is 0.360 e. The number of anilines is 1. The number of ether oxygens (including phenoxy) is 4. The highest BCUT2D eigenvalue weighted by molar-refractivity contribution is 6.32. The van der Waals surface area contributed by atoms with E-state index < -0.39 is 23.8 Å². The van der Waals surface area contributed by atoms with Crippen molar-refractivity contribution in [1.29, 1.82) is 5.26 Å². The van der Waals surface area contributed by atoms with Gasteiger partial charge in [-0.2, -0.15) is 5.26 Å². The molecule has 2 aromatic carbocycles. The van der Waals surface area contributed by atoms with E-state index in [4.69, 9.17) is 40.8 Å². The lowest BCUT2D eigenvalue weighted by Crippen LogP contribution is -2.40. The molecule has 2 heterocycles. The molecule has 42 heavy (non-hydrogen) atoms. The van der Waals surface area contributed by atoms with Crippen molar-refractivity contribution in [3.63, 3.8) is 0 Å². The molecule has 1 unspecified atom stereocenters. The number of aryl methyl sites for hydroxylation is 1. The number of methoxy groups -OCH3 is 3. The van der Waals surface area contributed by atoms with Crippen molar-refractivity contribution in [2.45, 2.75) is 19.4 Å². The lowest BCUT2D eigenvalue weighted by atomic mass is 9.81. The zero-order chi connectivity index (χ0) is 30.6. The van der Waals surface area contributed by atoms with E-state index in [1.807, 2.05) is 0 Å². The predicted molar refractivity (Wildman–Crippen MR) is 148 cm³/mol. The second-order valence-corrected chi connectivity index (χ2v) is 9.20. The molecule has 0 amide bonds. The smallest absolute Gasteiger partial charge is 0.360 e. The number of halogens is 1. The third-order valence-corrected chi connectivity index (χ3v) is 6.81. The summed E-state index contributed by atoms with van der Waals surface area (Å²) in [5.74, 6) is -3.01. The molecule has 1 atom stereocenters. The molecular weight excluding hydrogens is 568 g/mol. The summed E-state index contributed by atoms with van der Waals surface area (Å²) in [7, 11) is 3.53. The van der Waals surface area contributed by atoms with Crippen LogP contribution in [0.3, 0.4) is 0 Å². The Morgan fingerprint density at radius 3 is 2.31 bits per heavy atom. The molecule has 13 heteroatoms. The van der Waals surface area contributed by atoms with Gasteiger partial charge in [-0.3, -0.25) is 4.90 Å². The number of esters is 3. The van der Waals surface area contributed by atoms with E-state index in [0.717, 1.165) is 14.2 Å². The number of benzene rings is 2. The zero-order valence-electron chi connectivity index (χ0n) is 23.0. The van der Waals surface area contributed by atoms with Gasteiger partial charge in [0.2, 0.25) is 0 Å². The molecule has 0 saturated carbocycles. The largest absolute Gasteiger partial charge is 0.487 e. The molecule has 0 aliphatic carbocycles. The highest BCUT2D eigenvalue weighted by atomic mass is 35.5. The van der Waals surface area contributed by atoms with Crippen molar-refractivity contribution in [2.75, 3.05) is 26.2 Å². The molecule has 3 aromatic rings. The maximum absolute atomic E-state index is 13.2. The molecule has 0 radical (unpaired) electrons. The number of nitrogens with two attached hydrogens (primary N) is 1. The molecule has 12 nitrogen and oxygen atoms in total. The Bertz CT molecular complexity index is 1660. The topological polar surface area (TPSA) is 167 Å². The summed E-state index contributed by atoms with van der Waals surface area (Å²) in [5, 5.41) is 14.0. The average molecular weight is 593 g/mol. The van der Waals surface area contributed by atoms with Gasteiger partial charge in [-0.25, -0.2) is 14.4 Å². The van der Waals surface area contributed by atoms with Gasteiger partial charge in [-0.05, 0) is 30.7 Å². The van der Waals surface area contributed by atoms with Crippen LogP contribution in [0.5, 0.6) is 5.75 Å². The predicted octanol–water partition coefficient (Wildman–Crippen LogP) is 3.90. The minimum absolute atomic E-state index is 0.00368. The van der Waals surface area contributed by atoms with Gasteiger partial charge in [0.05, 0.1) is 55.0 Å². The van der Waals surface area contributed by atoms with Crippen molar-refractivity contribution in [1.82, 2.24) is 5.16 Å². The van der Waals surface area contributed by atoms with Gasteiger partial charge in [0.1, 0.15) is 29.6 Å². The highest BCUT2D eigenvalue weighted by Gasteiger charge is 2.43. The monoisotopic (exact) mass is 592 g/mol. The first-order valence-corrected chi connectivity index (χ1v) is 12.7. The SMILES string of the molecule is COC(=O)C1=C(C(=O)OC)N(c2ccc(OCc3c(C(=O)OC)noc3C)c(Cl)c2)C(N)=C(C#N)C1c1ccccc1. The fraction of sp³-hybridized carbons (Fsp3) is 0.207. The van der Waals surface area contributed by atoms with Crippen LogP contribution in [0.1, 0.15) is 33.3 Å². The molecule has 1 aliphatic heterocycles. The number of nitriles is 1. The summed E-state index contributed by atoms with van der Waals surface area (Å²) in [6, 6.07) is 15.2. The van der Waals surface area contributed by atoms with E-state index in [0.29, 0.717) is 16.9 Å². The Morgan fingerprint density at radius 2 is 1.71 bits per heavy atom. The van der Waals surface area contributed by atoms with Crippen LogP contribution in [0.15, 0.2) is 75.7 Å². The highest BCUT2D eigenvalue weighted by Crippen LogP contribution is 2.44. The molecule has 4 rings (SSSR count). The van der Waals surface area contributed by atoms with E-state index in [1.165, 1.54) is 30.2 Å². The first kappa shape index (κ1) is 29.7. The second kappa shape index (κ2) is 12.5. The number of aromatic nitrogens is 1. The Hall–Kier alpha value is -5.28. The van der Waals surface area contributed by atoms with Crippen LogP contribution >= 0.6 is 11.6 Å². The van der Waals surface area contributed by atoms with Crippen LogP contribution in [-0.4, -0.2) is 44.4 Å². The van der Waals surface area contributed by atoms with E-state index in [9.17, 15) is 19.6 Å². The Morgan fingerprint density at radius 1 is 1.05 bits per heavy atom. The standard InChI is InChI=1S/C29H25ClN4O8/c1-15-19(24(33-42-15)28(36)39-3)14-41-21-11-10-17(12-20(21)30)34-25(29(37)40-4)23(27(35)38-2)22(18(13-31)26(34)32)16-8-6-5-7-9-16/h5-12,22H,14,32H2,1-4H3. The van der Waals surface area contributed by atoms with Crippen LogP contribution in [-0.2, 0) is 30.4 Å². The number of allylic oxidation sites excluding steroid dienone is 1. The minimum Gasteiger partial charge on any atom is -0.487 e. The average Bonchev–Trinajstić information content (AvgIpc) is 3.38. The van der Waals surface area contributed by atoms with Crippen molar-refractivity contribution in [3.8, 4) is 11.8 Å². The van der Waals surface area contributed by atoms with Crippen molar-refractivity contribution >= 4 is 35.2 Å². The molecule has 1 aliphatic rings.